The molecule has 0 radical (unpaired) electrons. The molecule has 0 aromatic rings. The fourth-order valence-corrected chi connectivity index (χ4v) is 3.15. The summed E-state index contributed by atoms with van der Waals surface area (Å²) in [7, 11) is 0. The van der Waals surface area contributed by atoms with Gasteiger partial charge in [0.05, 0.1) is 18.1 Å². The highest BCUT2D eigenvalue weighted by atomic mass is 16.5. The molecule has 4 atom stereocenters. The number of nitrogens with one attached hydrogen (secondary N) is 1. The lowest BCUT2D eigenvalue weighted by Crippen LogP contribution is -2.42. The molecular formula is C16H25NO4. The molecule has 0 aliphatic carbocycles. The highest BCUT2D eigenvalue weighted by Crippen LogP contribution is 2.39. The van der Waals surface area contributed by atoms with Crippen molar-refractivity contribution in [3.05, 3.63) is 12.2 Å². The number of amides is 1. The molecule has 2 N–H and O–H groups in total. The van der Waals surface area contributed by atoms with E-state index in [-0.39, 0.29) is 12.0 Å². The largest absolute Gasteiger partial charge is 0.481 e. The van der Waals surface area contributed by atoms with Gasteiger partial charge in [0.15, 0.2) is 0 Å². The Kier molecular flexibility index (Phi) is 5.79. The zero-order valence-corrected chi connectivity index (χ0v) is 12.6. The summed E-state index contributed by atoms with van der Waals surface area (Å²) in [5, 5.41) is 12.1. The summed E-state index contributed by atoms with van der Waals surface area (Å²) < 4.78 is 5.50. The van der Waals surface area contributed by atoms with Gasteiger partial charge in [-0.3, -0.25) is 9.59 Å². The Labute approximate surface area is 125 Å². The first-order valence-electron chi connectivity index (χ1n) is 7.99. The van der Waals surface area contributed by atoms with Gasteiger partial charge in [-0.25, -0.2) is 0 Å². The summed E-state index contributed by atoms with van der Waals surface area (Å²) in [4.78, 5) is 23.5. The van der Waals surface area contributed by atoms with Gasteiger partial charge in [0.1, 0.15) is 5.92 Å². The van der Waals surface area contributed by atoms with Crippen molar-refractivity contribution in [2.24, 2.45) is 11.8 Å². The minimum atomic E-state index is -0.952. The molecule has 118 valence electrons. The summed E-state index contributed by atoms with van der Waals surface area (Å²) in [5.74, 6) is -2.47. The van der Waals surface area contributed by atoms with Crippen molar-refractivity contribution < 1.29 is 19.4 Å². The molecule has 1 amide bonds. The van der Waals surface area contributed by atoms with Crippen LogP contribution in [0.1, 0.15) is 45.4 Å². The fraction of sp³-hybridized carbons (Fsp3) is 0.750. The molecule has 0 aromatic heterocycles. The first kappa shape index (κ1) is 16.0. The molecule has 2 heterocycles. The van der Waals surface area contributed by atoms with Crippen LogP contribution in [0.5, 0.6) is 0 Å². The fourth-order valence-electron chi connectivity index (χ4n) is 3.15. The quantitative estimate of drug-likeness (QED) is 0.504. The third-order valence-corrected chi connectivity index (χ3v) is 4.32. The standard InChI is InChI=1S/C16H25NO4/c1-2-3-4-5-6-7-10-17-15(18)13-11-8-9-12(21-11)14(13)16(19)20/h8-9,11-14H,2-7,10H2,1H3,(H,17,18)(H,19,20)/t11-,12-,13+,14+/m1/s1. The van der Waals surface area contributed by atoms with E-state index in [2.05, 4.69) is 12.2 Å². The maximum Gasteiger partial charge on any atom is 0.310 e. The van der Waals surface area contributed by atoms with Crippen molar-refractivity contribution in [2.75, 3.05) is 6.54 Å². The average Bonchev–Trinajstić information content (AvgIpc) is 3.06. The molecule has 1 fully saturated rings. The first-order chi connectivity index (χ1) is 10.1. The number of hydrogen-bond acceptors (Lipinski definition) is 3. The zero-order valence-electron chi connectivity index (χ0n) is 12.6. The maximum atomic E-state index is 12.2. The second kappa shape index (κ2) is 7.59. The molecule has 5 heteroatoms. The normalized spacial score (nSPS) is 29.8. The summed E-state index contributed by atoms with van der Waals surface area (Å²) >= 11 is 0. The van der Waals surface area contributed by atoms with Gasteiger partial charge in [0.25, 0.3) is 0 Å². The number of fused-ring (bicyclic) bond motifs is 2. The Bertz CT molecular complexity index is 407. The van der Waals surface area contributed by atoms with Gasteiger partial charge in [-0.15, -0.1) is 0 Å². The minimum absolute atomic E-state index is 0.187. The second-order valence-electron chi connectivity index (χ2n) is 5.90. The van der Waals surface area contributed by atoms with Crippen molar-refractivity contribution >= 4 is 11.9 Å². The number of ether oxygens (including phenoxy) is 1. The minimum Gasteiger partial charge on any atom is -0.481 e. The molecule has 2 rings (SSSR count). The number of unbranched alkanes of at least 4 members (excludes halogenated alkanes) is 5. The summed E-state index contributed by atoms with van der Waals surface area (Å²) in [6.07, 6.45) is 9.73. The molecule has 2 aliphatic heterocycles. The predicted molar refractivity (Wildman–Crippen MR) is 78.8 cm³/mol. The Hall–Kier alpha value is -1.36. The van der Waals surface area contributed by atoms with Crippen molar-refractivity contribution in [2.45, 2.75) is 57.7 Å². The van der Waals surface area contributed by atoms with Gasteiger partial charge in [-0.1, -0.05) is 51.2 Å². The van der Waals surface area contributed by atoms with Crippen LogP contribution < -0.4 is 5.32 Å². The monoisotopic (exact) mass is 295 g/mol. The lowest BCUT2D eigenvalue weighted by Gasteiger charge is -2.20. The van der Waals surface area contributed by atoms with Crippen LogP contribution in [-0.4, -0.2) is 35.7 Å². The molecule has 0 spiro atoms. The van der Waals surface area contributed by atoms with Crippen LogP contribution in [0, 0.1) is 11.8 Å². The van der Waals surface area contributed by atoms with E-state index < -0.39 is 23.9 Å². The van der Waals surface area contributed by atoms with E-state index in [4.69, 9.17) is 4.74 Å². The second-order valence-corrected chi connectivity index (χ2v) is 5.90. The number of carbonyl (C=O) groups is 2. The average molecular weight is 295 g/mol. The Balaban J connectivity index is 1.71. The Morgan fingerprint density at radius 2 is 1.67 bits per heavy atom. The van der Waals surface area contributed by atoms with E-state index in [1.165, 1.54) is 25.7 Å². The van der Waals surface area contributed by atoms with Gasteiger partial charge in [-0.05, 0) is 6.42 Å². The molecule has 0 aromatic carbocycles. The lowest BCUT2D eigenvalue weighted by atomic mass is 9.82. The van der Waals surface area contributed by atoms with Crippen LogP contribution in [0.4, 0.5) is 0 Å². The van der Waals surface area contributed by atoms with Crippen LogP contribution in [0.15, 0.2) is 12.2 Å². The number of hydrogen-bond donors (Lipinski definition) is 2. The SMILES string of the molecule is CCCCCCCCNC(=O)[C@@H]1[C@@H](C(=O)O)[C@H]2C=C[C@H]1O2. The van der Waals surface area contributed by atoms with Gasteiger partial charge < -0.3 is 15.2 Å². The van der Waals surface area contributed by atoms with Crippen LogP contribution in [0.3, 0.4) is 0 Å². The molecule has 5 nitrogen and oxygen atoms in total. The number of carboxylic acids is 1. The smallest absolute Gasteiger partial charge is 0.310 e. The van der Waals surface area contributed by atoms with E-state index in [0.717, 1.165) is 12.8 Å². The molecule has 0 saturated carbocycles. The van der Waals surface area contributed by atoms with Crippen LogP contribution in [0.25, 0.3) is 0 Å². The van der Waals surface area contributed by atoms with Gasteiger partial charge >= 0.3 is 5.97 Å². The van der Waals surface area contributed by atoms with Crippen LogP contribution >= 0.6 is 0 Å². The van der Waals surface area contributed by atoms with Crippen molar-refractivity contribution in [1.29, 1.82) is 0 Å². The highest BCUT2D eigenvalue weighted by molar-refractivity contribution is 5.87. The van der Waals surface area contributed by atoms with Crippen molar-refractivity contribution in [3.63, 3.8) is 0 Å². The molecule has 1 saturated heterocycles. The number of carbonyl (C=O) groups excluding carboxylic acids is 1. The van der Waals surface area contributed by atoms with Gasteiger partial charge in [-0.2, -0.15) is 0 Å². The van der Waals surface area contributed by atoms with Crippen LogP contribution in [-0.2, 0) is 14.3 Å². The third-order valence-electron chi connectivity index (χ3n) is 4.32. The number of rotatable bonds is 9. The third kappa shape index (κ3) is 3.84. The number of aliphatic carboxylic acids is 1. The van der Waals surface area contributed by atoms with Crippen LogP contribution in [0.2, 0.25) is 0 Å². The molecule has 2 aliphatic rings. The first-order valence-corrected chi connectivity index (χ1v) is 7.99. The van der Waals surface area contributed by atoms with Gasteiger partial charge in [0.2, 0.25) is 5.91 Å². The van der Waals surface area contributed by atoms with Crippen molar-refractivity contribution in [1.82, 2.24) is 5.32 Å². The van der Waals surface area contributed by atoms with E-state index in [1.54, 1.807) is 12.2 Å². The van der Waals surface area contributed by atoms with Gasteiger partial charge in [0, 0.05) is 6.54 Å². The van der Waals surface area contributed by atoms with Crippen molar-refractivity contribution in [3.8, 4) is 0 Å². The van der Waals surface area contributed by atoms with E-state index in [9.17, 15) is 14.7 Å². The zero-order chi connectivity index (χ0) is 15.2. The Morgan fingerprint density at radius 1 is 1.05 bits per heavy atom. The number of carboxylic acid groups (broad SMARTS) is 1. The molecule has 0 unspecified atom stereocenters. The summed E-state index contributed by atoms with van der Waals surface area (Å²) in [6, 6.07) is 0. The van der Waals surface area contributed by atoms with E-state index in [0.29, 0.717) is 6.54 Å². The maximum absolute atomic E-state index is 12.2. The Morgan fingerprint density at radius 3 is 2.33 bits per heavy atom. The molecular weight excluding hydrogens is 270 g/mol. The van der Waals surface area contributed by atoms with E-state index >= 15 is 0 Å². The summed E-state index contributed by atoms with van der Waals surface area (Å²) in [5.41, 5.74) is 0. The topological polar surface area (TPSA) is 75.6 Å². The van der Waals surface area contributed by atoms with E-state index in [1.807, 2.05) is 0 Å². The molecule has 21 heavy (non-hydrogen) atoms. The predicted octanol–water partition coefficient (Wildman–Crippen LogP) is 2.12. The highest BCUT2D eigenvalue weighted by Gasteiger charge is 2.52. The molecule has 2 bridgehead atoms. The summed E-state index contributed by atoms with van der Waals surface area (Å²) in [6.45, 7) is 2.81. The lowest BCUT2D eigenvalue weighted by molar-refractivity contribution is -0.146.